The Hall–Kier alpha value is -2.28. The summed E-state index contributed by atoms with van der Waals surface area (Å²) in [6.45, 7) is 6.55. The summed E-state index contributed by atoms with van der Waals surface area (Å²) in [5, 5.41) is 2.87. The third-order valence-corrected chi connectivity index (χ3v) is 5.09. The van der Waals surface area contributed by atoms with Crippen LogP contribution in [0.1, 0.15) is 44.7 Å². The largest absolute Gasteiger partial charge is 0.490 e. The molecule has 0 aliphatic carbocycles. The van der Waals surface area contributed by atoms with Crippen molar-refractivity contribution < 1.29 is 24.0 Å². The quantitative estimate of drug-likeness (QED) is 0.744. The van der Waals surface area contributed by atoms with Crippen molar-refractivity contribution in [3.63, 3.8) is 0 Å². The topological polar surface area (TPSA) is 72.3 Å². The van der Waals surface area contributed by atoms with Crippen LogP contribution in [0.3, 0.4) is 0 Å². The van der Waals surface area contributed by atoms with Crippen LogP contribution in [0.5, 0.6) is 11.5 Å². The van der Waals surface area contributed by atoms with Crippen molar-refractivity contribution in [1.29, 1.82) is 0 Å². The van der Waals surface area contributed by atoms with E-state index in [1.807, 2.05) is 44.0 Å². The Morgan fingerprint density at radius 3 is 2.68 bits per heavy atom. The van der Waals surface area contributed by atoms with Gasteiger partial charge in [0.2, 0.25) is 0 Å². The zero-order chi connectivity index (χ0) is 20.1. The lowest BCUT2D eigenvalue weighted by molar-refractivity contribution is -0.863. The van der Waals surface area contributed by atoms with Gasteiger partial charge in [0.1, 0.15) is 0 Å². The summed E-state index contributed by atoms with van der Waals surface area (Å²) in [4.78, 5) is 27.7. The van der Waals surface area contributed by atoms with E-state index in [0.717, 1.165) is 47.8 Å². The van der Waals surface area contributed by atoms with E-state index in [2.05, 4.69) is 5.32 Å². The highest BCUT2D eigenvalue weighted by Gasteiger charge is 2.32. The molecular weight excluding hydrogens is 358 g/mol. The molecule has 2 heterocycles. The van der Waals surface area contributed by atoms with Gasteiger partial charge in [-0.3, -0.25) is 9.59 Å². The zero-order valence-electron chi connectivity index (χ0n) is 17.1. The van der Waals surface area contributed by atoms with Gasteiger partial charge in [-0.15, -0.1) is 0 Å². The Morgan fingerprint density at radius 1 is 1.18 bits per heavy atom. The monoisotopic (exact) mass is 390 g/mol. The number of carbonyl (C=O) groups is 2. The van der Waals surface area contributed by atoms with E-state index in [9.17, 15) is 9.59 Å². The molecule has 7 heteroatoms. The third-order valence-electron chi connectivity index (χ3n) is 5.09. The summed E-state index contributed by atoms with van der Waals surface area (Å²) in [5.41, 5.74) is 1.09. The van der Waals surface area contributed by atoms with Crippen molar-refractivity contribution in [1.82, 2.24) is 10.2 Å². The van der Waals surface area contributed by atoms with Gasteiger partial charge >= 0.3 is 0 Å². The lowest BCUT2D eigenvalue weighted by Crippen LogP contribution is -3.11. The van der Waals surface area contributed by atoms with Crippen molar-refractivity contribution in [2.24, 2.45) is 0 Å². The minimum atomic E-state index is -0.0267. The fraction of sp³-hybridized carbons (Fsp3) is 0.619. The molecule has 154 valence electrons. The first-order chi connectivity index (χ1) is 13.4. The van der Waals surface area contributed by atoms with Crippen molar-refractivity contribution in [3.05, 3.63) is 23.8 Å². The number of hydrogen-bond donors (Lipinski definition) is 2. The Balaban J connectivity index is 1.63. The van der Waals surface area contributed by atoms with Gasteiger partial charge in [0, 0.05) is 19.0 Å². The number of rotatable bonds is 6. The molecule has 1 saturated heterocycles. The second-order valence-electron chi connectivity index (χ2n) is 8.03. The Morgan fingerprint density at radius 2 is 1.93 bits per heavy atom. The van der Waals surface area contributed by atoms with Gasteiger partial charge in [-0.1, -0.05) is 6.07 Å². The second kappa shape index (κ2) is 9.28. The van der Waals surface area contributed by atoms with E-state index in [1.165, 1.54) is 0 Å². The fourth-order valence-electron chi connectivity index (χ4n) is 3.87. The van der Waals surface area contributed by atoms with E-state index >= 15 is 0 Å². The normalized spacial score (nSPS) is 20.0. The highest BCUT2D eigenvalue weighted by molar-refractivity contribution is 5.79. The third kappa shape index (κ3) is 5.16. The van der Waals surface area contributed by atoms with Crippen LogP contribution in [0.4, 0.5) is 0 Å². The lowest BCUT2D eigenvalue weighted by Gasteiger charge is -2.26. The SMILES string of the molecule is CC(C)NC(=O)C[NH+](C)CC(=O)N1CCC[C@H]1c1ccc2c(c1)OCCCO2. The number of nitrogens with one attached hydrogen (secondary N) is 2. The van der Waals surface area contributed by atoms with Crippen LogP contribution in [0.25, 0.3) is 0 Å². The first-order valence-corrected chi connectivity index (χ1v) is 10.2. The summed E-state index contributed by atoms with van der Waals surface area (Å²) < 4.78 is 11.5. The minimum absolute atomic E-state index is 0.0267. The number of likely N-dealkylation sites (N-methyl/N-ethyl adjacent to an activating group) is 1. The number of amides is 2. The molecule has 7 nitrogen and oxygen atoms in total. The van der Waals surface area contributed by atoms with E-state index in [1.54, 1.807) is 0 Å². The van der Waals surface area contributed by atoms with Gasteiger partial charge in [0.05, 0.1) is 26.3 Å². The van der Waals surface area contributed by atoms with Gasteiger partial charge in [-0.05, 0) is 44.4 Å². The lowest BCUT2D eigenvalue weighted by atomic mass is 10.0. The van der Waals surface area contributed by atoms with E-state index in [-0.39, 0.29) is 23.9 Å². The van der Waals surface area contributed by atoms with Crippen molar-refractivity contribution in [2.45, 2.75) is 45.2 Å². The molecule has 0 bridgehead atoms. The number of benzene rings is 1. The van der Waals surface area contributed by atoms with E-state index in [4.69, 9.17) is 9.47 Å². The molecule has 1 fully saturated rings. The average Bonchev–Trinajstić information content (AvgIpc) is 2.99. The number of ether oxygens (including phenoxy) is 2. The molecule has 1 aromatic carbocycles. The number of hydrogen-bond acceptors (Lipinski definition) is 4. The fourth-order valence-corrected chi connectivity index (χ4v) is 3.87. The molecule has 2 aliphatic rings. The predicted octanol–water partition coefficient (Wildman–Crippen LogP) is 0.551. The standard InChI is InChI=1S/C21H31N3O4/c1-15(2)22-20(25)13-23(3)14-21(26)24-9-4-6-17(24)16-7-8-18-19(12-16)28-11-5-10-27-18/h7-8,12,15,17H,4-6,9-11,13-14H2,1-3H3,(H,22,25)/p+1/t17-/m0/s1. The maximum Gasteiger partial charge on any atom is 0.278 e. The molecule has 2 amide bonds. The highest BCUT2D eigenvalue weighted by Crippen LogP contribution is 2.37. The van der Waals surface area contributed by atoms with Crippen molar-refractivity contribution >= 4 is 11.8 Å². The van der Waals surface area contributed by atoms with Crippen LogP contribution in [-0.2, 0) is 9.59 Å². The predicted molar refractivity (Wildman–Crippen MR) is 106 cm³/mol. The molecular formula is C21H32N3O4+. The van der Waals surface area contributed by atoms with Crippen LogP contribution < -0.4 is 19.7 Å². The minimum Gasteiger partial charge on any atom is -0.490 e. The van der Waals surface area contributed by atoms with Crippen LogP contribution in [0.15, 0.2) is 18.2 Å². The number of carbonyl (C=O) groups excluding carboxylic acids is 2. The zero-order valence-corrected chi connectivity index (χ0v) is 17.1. The highest BCUT2D eigenvalue weighted by atomic mass is 16.5. The molecule has 1 aromatic rings. The molecule has 3 rings (SSSR count). The maximum atomic E-state index is 12.9. The van der Waals surface area contributed by atoms with Gasteiger partial charge in [-0.25, -0.2) is 0 Å². The van der Waals surface area contributed by atoms with Crippen molar-refractivity contribution in [3.8, 4) is 11.5 Å². The molecule has 2 N–H and O–H groups in total. The number of nitrogens with zero attached hydrogens (tertiary/aromatic N) is 1. The number of fused-ring (bicyclic) bond motifs is 1. The van der Waals surface area contributed by atoms with Crippen LogP contribution >= 0.6 is 0 Å². The van der Waals surface area contributed by atoms with E-state index in [0.29, 0.717) is 26.3 Å². The van der Waals surface area contributed by atoms with E-state index < -0.39 is 0 Å². The molecule has 0 aromatic heterocycles. The molecule has 0 spiro atoms. The molecule has 2 atom stereocenters. The number of likely N-dealkylation sites (tertiary alicyclic amines) is 1. The van der Waals surface area contributed by atoms with Gasteiger partial charge in [-0.2, -0.15) is 0 Å². The van der Waals surface area contributed by atoms with Crippen LogP contribution in [0, 0.1) is 0 Å². The van der Waals surface area contributed by atoms with Gasteiger partial charge < -0.3 is 24.6 Å². The Labute approximate surface area is 167 Å². The summed E-state index contributed by atoms with van der Waals surface area (Å²) in [6, 6.07) is 6.17. The summed E-state index contributed by atoms with van der Waals surface area (Å²) >= 11 is 0. The van der Waals surface area contributed by atoms with Crippen molar-refractivity contribution in [2.75, 3.05) is 39.9 Å². The molecule has 28 heavy (non-hydrogen) atoms. The number of quaternary nitrogens is 1. The first kappa shape index (κ1) is 20.5. The summed E-state index contributed by atoms with van der Waals surface area (Å²) in [6.07, 6.45) is 2.80. The summed E-state index contributed by atoms with van der Waals surface area (Å²) in [5.74, 6) is 1.60. The van der Waals surface area contributed by atoms with Gasteiger partial charge in [0.25, 0.3) is 11.8 Å². The molecule has 2 aliphatic heterocycles. The molecule has 1 unspecified atom stereocenters. The maximum absolute atomic E-state index is 12.9. The Bertz CT molecular complexity index is 707. The average molecular weight is 391 g/mol. The molecule has 0 radical (unpaired) electrons. The van der Waals surface area contributed by atoms with Crippen LogP contribution in [0.2, 0.25) is 0 Å². The smallest absolute Gasteiger partial charge is 0.278 e. The second-order valence-corrected chi connectivity index (χ2v) is 8.03. The van der Waals surface area contributed by atoms with Crippen LogP contribution in [-0.4, -0.2) is 62.7 Å². The first-order valence-electron chi connectivity index (χ1n) is 10.2. The molecule has 0 saturated carbocycles. The summed E-state index contributed by atoms with van der Waals surface area (Å²) in [7, 11) is 1.89. The van der Waals surface area contributed by atoms with Gasteiger partial charge in [0.15, 0.2) is 24.6 Å². The Kier molecular flexibility index (Phi) is 6.78.